The molecule has 7 heteroatoms. The summed E-state index contributed by atoms with van der Waals surface area (Å²) in [6.07, 6.45) is 0.986. The van der Waals surface area contributed by atoms with Crippen LogP contribution in [-0.4, -0.2) is 29.4 Å². The Morgan fingerprint density at radius 1 is 1.56 bits per heavy atom. The Morgan fingerprint density at radius 2 is 2.25 bits per heavy atom. The van der Waals surface area contributed by atoms with E-state index in [1.807, 2.05) is 0 Å². The second-order valence-corrected chi connectivity index (χ2v) is 2.81. The zero-order chi connectivity index (χ0) is 12.1. The lowest BCUT2D eigenvalue weighted by molar-refractivity contribution is -0.384. The van der Waals surface area contributed by atoms with Crippen LogP contribution in [0, 0.1) is 10.1 Å². The summed E-state index contributed by atoms with van der Waals surface area (Å²) in [5, 5.41) is 21.6. The number of hydrogen-bond donors (Lipinski definition) is 1. The minimum atomic E-state index is -0.698. The third-order valence-electron chi connectivity index (χ3n) is 1.78. The van der Waals surface area contributed by atoms with Gasteiger partial charge in [0.15, 0.2) is 0 Å². The summed E-state index contributed by atoms with van der Waals surface area (Å²) >= 11 is 0. The molecule has 0 aliphatic rings. The summed E-state index contributed by atoms with van der Waals surface area (Å²) in [6, 6.07) is 3.57. The van der Waals surface area contributed by atoms with Gasteiger partial charge < -0.3 is 9.94 Å². The van der Waals surface area contributed by atoms with E-state index in [0.29, 0.717) is 0 Å². The first-order chi connectivity index (χ1) is 7.58. The number of nitro groups is 1. The van der Waals surface area contributed by atoms with Gasteiger partial charge in [0.05, 0.1) is 23.8 Å². The minimum Gasteiger partial charge on any atom is -0.465 e. The minimum absolute atomic E-state index is 0.0200. The maximum atomic E-state index is 11.2. The van der Waals surface area contributed by atoms with Crippen LogP contribution in [0.1, 0.15) is 15.9 Å². The van der Waals surface area contributed by atoms with Gasteiger partial charge in [-0.3, -0.25) is 10.1 Å². The fraction of sp³-hybridized carbons (Fsp3) is 0.111. The number of nitrogens with zero attached hydrogens (tertiary/aromatic N) is 2. The maximum absolute atomic E-state index is 11.2. The molecule has 1 rings (SSSR count). The summed E-state index contributed by atoms with van der Waals surface area (Å²) in [4.78, 5) is 21.1. The molecular formula is C9H8N2O5. The molecular weight excluding hydrogens is 216 g/mol. The molecule has 0 bridgehead atoms. The molecule has 0 atom stereocenters. The smallest absolute Gasteiger partial charge is 0.338 e. The Labute approximate surface area is 90.1 Å². The molecule has 1 aromatic rings. The standard InChI is InChI=1S/C9H8N2O5/c1-16-9(12)7-2-6(5-10-13)3-8(4-7)11(14)15/h2-5,13H,1H3/b10-5+. The molecule has 0 saturated heterocycles. The number of rotatable bonds is 3. The van der Waals surface area contributed by atoms with Crippen LogP contribution < -0.4 is 0 Å². The Balaban J connectivity index is 3.29. The summed E-state index contributed by atoms with van der Waals surface area (Å²) in [5.74, 6) is -0.698. The molecule has 0 aromatic heterocycles. The average Bonchev–Trinajstić information content (AvgIpc) is 2.28. The molecule has 0 radical (unpaired) electrons. The highest BCUT2D eigenvalue weighted by Gasteiger charge is 2.14. The number of oxime groups is 1. The Kier molecular flexibility index (Phi) is 3.54. The van der Waals surface area contributed by atoms with Crippen LogP contribution in [0.5, 0.6) is 0 Å². The van der Waals surface area contributed by atoms with Crippen molar-refractivity contribution in [3.63, 3.8) is 0 Å². The van der Waals surface area contributed by atoms with Crippen molar-refractivity contribution in [2.75, 3.05) is 7.11 Å². The maximum Gasteiger partial charge on any atom is 0.338 e. The first-order valence-corrected chi connectivity index (χ1v) is 4.13. The molecule has 0 heterocycles. The van der Waals surface area contributed by atoms with Crippen LogP contribution in [0.3, 0.4) is 0 Å². The molecule has 16 heavy (non-hydrogen) atoms. The van der Waals surface area contributed by atoms with Gasteiger partial charge in [0.1, 0.15) is 0 Å². The van der Waals surface area contributed by atoms with E-state index in [-0.39, 0.29) is 16.8 Å². The first-order valence-electron chi connectivity index (χ1n) is 4.13. The van der Waals surface area contributed by atoms with Gasteiger partial charge in [0, 0.05) is 17.7 Å². The Morgan fingerprint density at radius 3 is 2.75 bits per heavy atom. The predicted octanol–water partition coefficient (Wildman–Crippen LogP) is 1.19. The number of benzene rings is 1. The van der Waals surface area contributed by atoms with Crippen molar-refractivity contribution in [3.05, 3.63) is 39.4 Å². The van der Waals surface area contributed by atoms with Crippen molar-refractivity contribution in [1.82, 2.24) is 0 Å². The molecule has 0 aliphatic heterocycles. The highest BCUT2D eigenvalue weighted by Crippen LogP contribution is 2.17. The summed E-state index contributed by atoms with van der Waals surface area (Å²) in [5.41, 5.74) is -0.0264. The first kappa shape index (κ1) is 11.6. The van der Waals surface area contributed by atoms with Crippen molar-refractivity contribution in [2.45, 2.75) is 0 Å². The third-order valence-corrected chi connectivity index (χ3v) is 1.78. The van der Waals surface area contributed by atoms with E-state index < -0.39 is 10.9 Å². The Bertz CT molecular complexity index is 455. The van der Waals surface area contributed by atoms with Crippen LogP contribution >= 0.6 is 0 Å². The number of esters is 1. The highest BCUT2D eigenvalue weighted by atomic mass is 16.6. The average molecular weight is 224 g/mol. The van der Waals surface area contributed by atoms with Crippen molar-refractivity contribution in [1.29, 1.82) is 0 Å². The largest absolute Gasteiger partial charge is 0.465 e. The van der Waals surface area contributed by atoms with E-state index in [1.54, 1.807) is 0 Å². The van der Waals surface area contributed by atoms with Crippen molar-refractivity contribution in [2.24, 2.45) is 5.16 Å². The zero-order valence-corrected chi connectivity index (χ0v) is 8.28. The van der Waals surface area contributed by atoms with E-state index in [4.69, 9.17) is 5.21 Å². The van der Waals surface area contributed by atoms with Crippen molar-refractivity contribution < 1.29 is 19.7 Å². The molecule has 0 fully saturated rings. The molecule has 1 aromatic carbocycles. The van der Waals surface area contributed by atoms with Gasteiger partial charge in [-0.05, 0) is 6.07 Å². The number of methoxy groups -OCH3 is 1. The van der Waals surface area contributed by atoms with Gasteiger partial charge in [-0.25, -0.2) is 4.79 Å². The third kappa shape index (κ3) is 2.53. The van der Waals surface area contributed by atoms with Gasteiger partial charge in [-0.1, -0.05) is 5.16 Å². The number of nitro benzene ring substituents is 1. The van der Waals surface area contributed by atoms with Crippen LogP contribution in [0.15, 0.2) is 23.4 Å². The van der Waals surface area contributed by atoms with Gasteiger partial charge in [0.25, 0.3) is 5.69 Å². The lowest BCUT2D eigenvalue weighted by Crippen LogP contribution is -2.03. The SMILES string of the molecule is COC(=O)c1cc(/C=N/O)cc([N+](=O)[O-])c1. The van der Waals surface area contributed by atoms with Gasteiger partial charge in [-0.15, -0.1) is 0 Å². The monoisotopic (exact) mass is 224 g/mol. The molecule has 0 spiro atoms. The van der Waals surface area contributed by atoms with Crippen LogP contribution in [0.25, 0.3) is 0 Å². The van der Waals surface area contributed by atoms with E-state index in [1.165, 1.54) is 19.2 Å². The summed E-state index contributed by atoms with van der Waals surface area (Å²) in [7, 11) is 1.17. The fourth-order valence-electron chi connectivity index (χ4n) is 1.12. The van der Waals surface area contributed by atoms with E-state index in [9.17, 15) is 14.9 Å². The van der Waals surface area contributed by atoms with E-state index in [2.05, 4.69) is 9.89 Å². The summed E-state index contributed by atoms with van der Waals surface area (Å²) < 4.78 is 4.44. The Hall–Kier alpha value is -2.44. The lowest BCUT2D eigenvalue weighted by Gasteiger charge is -2.00. The number of ether oxygens (including phenoxy) is 1. The van der Waals surface area contributed by atoms with Gasteiger partial charge in [-0.2, -0.15) is 0 Å². The highest BCUT2D eigenvalue weighted by molar-refractivity contribution is 5.93. The predicted molar refractivity (Wildman–Crippen MR) is 53.8 cm³/mol. The quantitative estimate of drug-likeness (QED) is 0.273. The van der Waals surface area contributed by atoms with Crippen LogP contribution in [0.4, 0.5) is 5.69 Å². The van der Waals surface area contributed by atoms with Crippen LogP contribution in [0.2, 0.25) is 0 Å². The van der Waals surface area contributed by atoms with Gasteiger partial charge >= 0.3 is 5.97 Å². The van der Waals surface area contributed by atoms with Gasteiger partial charge in [0.2, 0.25) is 0 Å². The topological polar surface area (TPSA) is 102 Å². The van der Waals surface area contributed by atoms with Crippen molar-refractivity contribution >= 4 is 17.9 Å². The molecule has 0 aliphatic carbocycles. The van der Waals surface area contributed by atoms with E-state index >= 15 is 0 Å². The van der Waals surface area contributed by atoms with E-state index in [0.717, 1.165) is 12.3 Å². The molecule has 0 amide bonds. The molecule has 0 unspecified atom stereocenters. The molecule has 1 N–H and O–H groups in total. The second kappa shape index (κ2) is 4.87. The normalized spacial score (nSPS) is 10.3. The fourth-order valence-corrected chi connectivity index (χ4v) is 1.12. The number of non-ortho nitro benzene ring substituents is 1. The number of carbonyl (C=O) groups is 1. The zero-order valence-electron chi connectivity index (χ0n) is 8.28. The number of hydrogen-bond acceptors (Lipinski definition) is 6. The second-order valence-electron chi connectivity index (χ2n) is 2.81. The number of carbonyl (C=O) groups excluding carboxylic acids is 1. The summed E-state index contributed by atoms with van der Waals surface area (Å²) in [6.45, 7) is 0. The van der Waals surface area contributed by atoms with Crippen LogP contribution in [-0.2, 0) is 4.74 Å². The lowest BCUT2D eigenvalue weighted by atomic mass is 10.1. The molecule has 0 saturated carbocycles. The van der Waals surface area contributed by atoms with Crippen molar-refractivity contribution in [3.8, 4) is 0 Å². The molecule has 7 nitrogen and oxygen atoms in total. The molecule has 84 valence electrons.